The lowest BCUT2D eigenvalue weighted by atomic mass is 10.2. The summed E-state index contributed by atoms with van der Waals surface area (Å²) in [6.07, 6.45) is -0.318. The molecule has 1 aromatic heterocycles. The smallest absolute Gasteiger partial charge is 0.267 e. The van der Waals surface area contributed by atoms with E-state index < -0.39 is 0 Å². The fraction of sp³-hybridized carbons (Fsp3) is 0.176. The van der Waals surface area contributed by atoms with Gasteiger partial charge >= 0.3 is 0 Å². The third-order valence-corrected chi connectivity index (χ3v) is 3.19. The predicted molar refractivity (Wildman–Crippen MR) is 81.8 cm³/mol. The predicted octanol–water partition coefficient (Wildman–Crippen LogP) is 3.89. The number of benzene rings is 2. The van der Waals surface area contributed by atoms with Crippen molar-refractivity contribution in [1.29, 1.82) is 0 Å². The van der Waals surface area contributed by atoms with E-state index in [9.17, 15) is 0 Å². The van der Waals surface area contributed by atoms with Gasteiger partial charge in [0.1, 0.15) is 11.5 Å². The van der Waals surface area contributed by atoms with Crippen molar-refractivity contribution in [3.63, 3.8) is 0 Å². The molecule has 5 heteroatoms. The van der Waals surface area contributed by atoms with Gasteiger partial charge in [-0.1, -0.05) is 23.4 Å². The van der Waals surface area contributed by atoms with Crippen LogP contribution in [0.2, 0.25) is 0 Å². The summed E-state index contributed by atoms with van der Waals surface area (Å²) in [5, 5.41) is 4.00. The molecule has 0 aliphatic carbocycles. The molecule has 5 nitrogen and oxygen atoms in total. The molecule has 0 saturated carbocycles. The summed E-state index contributed by atoms with van der Waals surface area (Å²) in [6, 6.07) is 17.0. The first-order chi connectivity index (χ1) is 10.8. The van der Waals surface area contributed by atoms with Crippen LogP contribution in [0.4, 0.5) is 0 Å². The van der Waals surface area contributed by atoms with Crippen molar-refractivity contribution in [1.82, 2.24) is 10.1 Å². The van der Waals surface area contributed by atoms with Gasteiger partial charge < -0.3 is 14.0 Å². The van der Waals surface area contributed by atoms with Crippen LogP contribution in [0.25, 0.3) is 11.4 Å². The van der Waals surface area contributed by atoms with Gasteiger partial charge in [0.05, 0.1) is 7.11 Å². The zero-order chi connectivity index (χ0) is 15.4. The average molecular weight is 296 g/mol. The van der Waals surface area contributed by atoms with Crippen LogP contribution < -0.4 is 9.47 Å². The Hall–Kier alpha value is -2.82. The summed E-state index contributed by atoms with van der Waals surface area (Å²) in [5.74, 6) is 2.52. The lowest BCUT2D eigenvalue weighted by Crippen LogP contribution is -2.03. The van der Waals surface area contributed by atoms with Gasteiger partial charge in [0.2, 0.25) is 5.82 Å². The number of nitrogens with zero attached hydrogens (tertiary/aromatic N) is 2. The molecule has 0 bridgehead atoms. The SMILES string of the molecule is COc1ccc(-c2noc([C@H](C)Oc3ccccc3)n2)cc1. The fourth-order valence-electron chi connectivity index (χ4n) is 2.01. The minimum atomic E-state index is -0.318. The molecule has 1 heterocycles. The van der Waals surface area contributed by atoms with Crippen LogP contribution in [0.5, 0.6) is 11.5 Å². The second-order valence-corrected chi connectivity index (χ2v) is 4.76. The first-order valence-electron chi connectivity index (χ1n) is 6.96. The van der Waals surface area contributed by atoms with Gasteiger partial charge in [0.15, 0.2) is 6.10 Å². The van der Waals surface area contributed by atoms with Gasteiger partial charge in [-0.15, -0.1) is 0 Å². The zero-order valence-corrected chi connectivity index (χ0v) is 12.4. The monoisotopic (exact) mass is 296 g/mol. The molecular formula is C17H16N2O3. The highest BCUT2D eigenvalue weighted by molar-refractivity contribution is 5.55. The molecule has 0 aliphatic heterocycles. The molecule has 0 radical (unpaired) electrons. The van der Waals surface area contributed by atoms with Crippen LogP contribution in [0.15, 0.2) is 59.1 Å². The molecule has 0 saturated heterocycles. The van der Waals surface area contributed by atoms with Crippen LogP contribution in [0, 0.1) is 0 Å². The average Bonchev–Trinajstić information content (AvgIpc) is 3.06. The van der Waals surface area contributed by atoms with E-state index in [1.807, 2.05) is 61.5 Å². The summed E-state index contributed by atoms with van der Waals surface area (Å²) in [5.41, 5.74) is 0.864. The Balaban J connectivity index is 1.75. The second-order valence-electron chi connectivity index (χ2n) is 4.76. The molecule has 0 N–H and O–H groups in total. The number of ether oxygens (including phenoxy) is 2. The molecule has 0 unspecified atom stereocenters. The van der Waals surface area contributed by atoms with E-state index in [-0.39, 0.29) is 6.10 Å². The Kier molecular flexibility index (Phi) is 4.05. The number of rotatable bonds is 5. The minimum absolute atomic E-state index is 0.318. The molecule has 3 rings (SSSR count). The van der Waals surface area contributed by atoms with E-state index in [1.165, 1.54) is 0 Å². The third-order valence-electron chi connectivity index (χ3n) is 3.19. The van der Waals surface area contributed by atoms with Crippen LogP contribution >= 0.6 is 0 Å². The maximum atomic E-state index is 5.77. The van der Waals surface area contributed by atoms with Gasteiger partial charge in [0, 0.05) is 5.56 Å². The van der Waals surface area contributed by atoms with Gasteiger partial charge in [-0.3, -0.25) is 0 Å². The molecule has 2 aromatic carbocycles. The number of para-hydroxylation sites is 1. The summed E-state index contributed by atoms with van der Waals surface area (Å²) < 4.78 is 16.2. The highest BCUT2D eigenvalue weighted by Gasteiger charge is 2.16. The van der Waals surface area contributed by atoms with E-state index >= 15 is 0 Å². The van der Waals surface area contributed by atoms with Gasteiger partial charge in [-0.05, 0) is 43.3 Å². The van der Waals surface area contributed by atoms with Crippen LogP contribution in [-0.2, 0) is 0 Å². The molecule has 112 valence electrons. The van der Waals surface area contributed by atoms with Crippen molar-refractivity contribution in [3.8, 4) is 22.9 Å². The molecule has 0 aliphatic rings. The van der Waals surface area contributed by atoms with Crippen LogP contribution in [0.3, 0.4) is 0 Å². The third kappa shape index (κ3) is 3.09. The van der Waals surface area contributed by atoms with E-state index in [1.54, 1.807) is 7.11 Å². The van der Waals surface area contributed by atoms with E-state index in [2.05, 4.69) is 10.1 Å². The molecular weight excluding hydrogens is 280 g/mol. The standard InChI is InChI=1S/C17H16N2O3/c1-12(21-15-6-4-3-5-7-15)17-18-16(19-22-17)13-8-10-14(20-2)11-9-13/h3-12H,1-2H3/t12-/m0/s1. The first-order valence-corrected chi connectivity index (χ1v) is 6.96. The number of aromatic nitrogens is 2. The quantitative estimate of drug-likeness (QED) is 0.715. The highest BCUT2D eigenvalue weighted by atomic mass is 16.5. The molecule has 0 amide bonds. The lowest BCUT2D eigenvalue weighted by molar-refractivity contribution is 0.176. The first kappa shape index (κ1) is 14.1. The van der Waals surface area contributed by atoms with Crippen molar-refractivity contribution in [3.05, 3.63) is 60.5 Å². The van der Waals surface area contributed by atoms with Crippen molar-refractivity contribution in [2.75, 3.05) is 7.11 Å². The van der Waals surface area contributed by atoms with Crippen LogP contribution in [0.1, 0.15) is 18.9 Å². The Morgan fingerprint density at radius 2 is 1.68 bits per heavy atom. The Labute approximate surface area is 128 Å². The maximum Gasteiger partial charge on any atom is 0.267 e. The summed E-state index contributed by atoms with van der Waals surface area (Å²) in [6.45, 7) is 1.87. The number of hydrogen-bond donors (Lipinski definition) is 0. The highest BCUT2D eigenvalue weighted by Crippen LogP contribution is 2.24. The number of hydrogen-bond acceptors (Lipinski definition) is 5. The Morgan fingerprint density at radius 1 is 0.955 bits per heavy atom. The normalized spacial score (nSPS) is 11.9. The molecule has 3 aromatic rings. The molecule has 22 heavy (non-hydrogen) atoms. The van der Waals surface area contributed by atoms with Crippen molar-refractivity contribution >= 4 is 0 Å². The topological polar surface area (TPSA) is 57.4 Å². The van der Waals surface area contributed by atoms with Gasteiger partial charge in [-0.25, -0.2) is 0 Å². The van der Waals surface area contributed by atoms with Crippen molar-refractivity contribution in [2.45, 2.75) is 13.0 Å². The zero-order valence-electron chi connectivity index (χ0n) is 12.4. The molecule has 1 atom stereocenters. The lowest BCUT2D eigenvalue weighted by Gasteiger charge is -2.09. The van der Waals surface area contributed by atoms with Gasteiger partial charge in [-0.2, -0.15) is 4.98 Å². The Morgan fingerprint density at radius 3 is 2.36 bits per heavy atom. The van der Waals surface area contributed by atoms with Gasteiger partial charge in [0.25, 0.3) is 5.89 Å². The summed E-state index contributed by atoms with van der Waals surface area (Å²) >= 11 is 0. The van der Waals surface area contributed by atoms with E-state index in [4.69, 9.17) is 14.0 Å². The summed E-state index contributed by atoms with van der Waals surface area (Å²) in [7, 11) is 1.63. The Bertz CT molecular complexity index is 723. The summed E-state index contributed by atoms with van der Waals surface area (Å²) in [4.78, 5) is 4.39. The molecule has 0 spiro atoms. The van der Waals surface area contributed by atoms with Crippen LogP contribution in [-0.4, -0.2) is 17.3 Å². The van der Waals surface area contributed by atoms with E-state index in [0.29, 0.717) is 11.7 Å². The van der Waals surface area contributed by atoms with Crippen molar-refractivity contribution in [2.24, 2.45) is 0 Å². The second kappa shape index (κ2) is 6.30. The number of methoxy groups -OCH3 is 1. The minimum Gasteiger partial charge on any atom is -0.497 e. The maximum absolute atomic E-state index is 5.77. The van der Waals surface area contributed by atoms with E-state index in [0.717, 1.165) is 17.1 Å². The largest absolute Gasteiger partial charge is 0.497 e. The van der Waals surface area contributed by atoms with Crippen molar-refractivity contribution < 1.29 is 14.0 Å². The molecule has 0 fully saturated rings. The fourth-order valence-corrected chi connectivity index (χ4v) is 2.01.